The van der Waals surface area contributed by atoms with Gasteiger partial charge in [0.25, 0.3) is 5.91 Å². The maximum absolute atomic E-state index is 12.8. The third kappa shape index (κ3) is 6.76. The highest BCUT2D eigenvalue weighted by atomic mass is 16.5. The molecule has 1 amide bonds. The predicted molar refractivity (Wildman–Crippen MR) is 132 cm³/mol. The lowest BCUT2D eigenvalue weighted by molar-refractivity contribution is 0.0978. The highest BCUT2D eigenvalue weighted by Gasteiger charge is 2.16. The first-order valence-corrected chi connectivity index (χ1v) is 11.4. The molecule has 174 valence electrons. The van der Waals surface area contributed by atoms with Crippen LogP contribution in [-0.4, -0.2) is 36.7 Å². The molecule has 0 unspecified atom stereocenters. The van der Waals surface area contributed by atoms with E-state index in [0.717, 1.165) is 30.6 Å². The van der Waals surface area contributed by atoms with Crippen molar-refractivity contribution in [3.8, 4) is 17.0 Å². The van der Waals surface area contributed by atoms with Crippen LogP contribution in [-0.2, 0) is 4.74 Å². The molecule has 7 heteroatoms. The van der Waals surface area contributed by atoms with Gasteiger partial charge >= 0.3 is 0 Å². The standard InChI is InChI=1S/C26H32N4O3/c1-3-4-7-13-32-14-8-15-33-19-11-12-23-21(16-19)22(25(31)30-26(27)28)17-24(29-23)20-10-6-5-9-18(20)2/h5-6,9-12,16-17H,3-4,7-8,13-15H2,1-2H3,(H4,27,28,30,31). The summed E-state index contributed by atoms with van der Waals surface area (Å²) in [6.45, 7) is 6.13. The summed E-state index contributed by atoms with van der Waals surface area (Å²) in [5.74, 6) is -0.216. The van der Waals surface area contributed by atoms with E-state index < -0.39 is 11.9 Å². The largest absolute Gasteiger partial charge is 0.493 e. The Morgan fingerprint density at radius 3 is 2.61 bits per heavy atom. The number of unbranched alkanes of at least 4 members (excludes halogenated alkanes) is 2. The fourth-order valence-electron chi connectivity index (χ4n) is 3.58. The summed E-state index contributed by atoms with van der Waals surface area (Å²) in [6, 6.07) is 15.1. The Bertz CT molecular complexity index is 1110. The Balaban J connectivity index is 1.81. The zero-order valence-electron chi connectivity index (χ0n) is 19.3. The summed E-state index contributed by atoms with van der Waals surface area (Å²) in [4.78, 5) is 17.6. The van der Waals surface area contributed by atoms with E-state index in [1.54, 1.807) is 12.1 Å². The van der Waals surface area contributed by atoms with Crippen molar-refractivity contribution in [3.63, 3.8) is 0 Å². The number of nitrogens with one attached hydrogen (secondary N) is 2. The molecule has 1 aromatic heterocycles. The molecule has 0 aliphatic carbocycles. The molecule has 0 radical (unpaired) electrons. The van der Waals surface area contributed by atoms with Crippen LogP contribution in [0, 0.1) is 12.3 Å². The molecule has 33 heavy (non-hydrogen) atoms. The van der Waals surface area contributed by atoms with Crippen LogP contribution < -0.4 is 15.8 Å². The van der Waals surface area contributed by atoms with E-state index in [-0.39, 0.29) is 0 Å². The monoisotopic (exact) mass is 448 g/mol. The Kier molecular flexibility index (Phi) is 8.78. The molecular weight excluding hydrogens is 416 g/mol. The first-order valence-electron chi connectivity index (χ1n) is 11.4. The lowest BCUT2D eigenvalue weighted by Crippen LogP contribution is -2.35. The van der Waals surface area contributed by atoms with Gasteiger partial charge in [-0.05, 0) is 43.2 Å². The van der Waals surface area contributed by atoms with Crippen molar-refractivity contribution in [1.29, 1.82) is 5.41 Å². The van der Waals surface area contributed by atoms with Gasteiger partial charge in [-0.1, -0.05) is 44.0 Å². The number of ether oxygens (including phenoxy) is 2. The number of aryl methyl sites for hydroxylation is 1. The number of hydrogen-bond donors (Lipinski definition) is 3. The first kappa shape index (κ1) is 24.2. The average molecular weight is 449 g/mol. The number of fused-ring (bicyclic) bond motifs is 1. The van der Waals surface area contributed by atoms with E-state index in [1.807, 2.05) is 43.3 Å². The van der Waals surface area contributed by atoms with Crippen LogP contribution in [0.2, 0.25) is 0 Å². The fraction of sp³-hybridized carbons (Fsp3) is 0.346. The van der Waals surface area contributed by atoms with Crippen molar-refractivity contribution in [2.24, 2.45) is 5.73 Å². The van der Waals surface area contributed by atoms with E-state index in [4.69, 9.17) is 25.6 Å². The fourth-order valence-corrected chi connectivity index (χ4v) is 3.58. The number of benzene rings is 2. The normalized spacial score (nSPS) is 10.8. The minimum atomic E-state index is -0.456. The predicted octanol–water partition coefficient (Wildman–Crippen LogP) is 4.81. The van der Waals surface area contributed by atoms with Gasteiger partial charge in [0, 0.05) is 30.6 Å². The quantitative estimate of drug-likeness (QED) is 0.221. The van der Waals surface area contributed by atoms with Crippen molar-refractivity contribution >= 4 is 22.8 Å². The average Bonchev–Trinajstić information content (AvgIpc) is 2.80. The third-order valence-corrected chi connectivity index (χ3v) is 5.29. The summed E-state index contributed by atoms with van der Waals surface area (Å²) < 4.78 is 11.5. The zero-order chi connectivity index (χ0) is 23.6. The van der Waals surface area contributed by atoms with Gasteiger partial charge < -0.3 is 15.2 Å². The van der Waals surface area contributed by atoms with Crippen molar-refractivity contribution in [1.82, 2.24) is 10.3 Å². The number of nitrogens with two attached hydrogens (primary N) is 1. The molecule has 0 fully saturated rings. The van der Waals surface area contributed by atoms with E-state index in [1.165, 1.54) is 12.8 Å². The molecule has 3 rings (SSSR count). The molecule has 0 bridgehead atoms. The Morgan fingerprint density at radius 1 is 1.06 bits per heavy atom. The lowest BCUT2D eigenvalue weighted by atomic mass is 10.0. The highest BCUT2D eigenvalue weighted by molar-refractivity contribution is 6.12. The van der Waals surface area contributed by atoms with Crippen LogP contribution in [0.15, 0.2) is 48.5 Å². The van der Waals surface area contributed by atoms with Crippen molar-refractivity contribution in [3.05, 3.63) is 59.7 Å². The number of hydrogen-bond acceptors (Lipinski definition) is 5. The molecule has 0 aliphatic rings. The van der Waals surface area contributed by atoms with Gasteiger partial charge in [0.1, 0.15) is 5.75 Å². The van der Waals surface area contributed by atoms with Crippen molar-refractivity contribution < 1.29 is 14.3 Å². The number of nitrogens with zero attached hydrogens (tertiary/aromatic N) is 1. The van der Waals surface area contributed by atoms with Crippen molar-refractivity contribution in [2.45, 2.75) is 39.5 Å². The number of carbonyl (C=O) groups is 1. The summed E-state index contributed by atoms with van der Waals surface area (Å²) >= 11 is 0. The van der Waals surface area contributed by atoms with Gasteiger partial charge in [0.15, 0.2) is 5.96 Å². The van der Waals surface area contributed by atoms with Crippen LogP contribution >= 0.6 is 0 Å². The number of rotatable bonds is 11. The first-order chi connectivity index (χ1) is 16.0. The van der Waals surface area contributed by atoms with Gasteiger partial charge in [-0.25, -0.2) is 4.98 Å². The lowest BCUT2D eigenvalue weighted by Gasteiger charge is -2.13. The molecule has 0 saturated heterocycles. The minimum absolute atomic E-state index is 0.387. The molecule has 7 nitrogen and oxygen atoms in total. The summed E-state index contributed by atoms with van der Waals surface area (Å²) in [5.41, 5.74) is 9.14. The second-order valence-electron chi connectivity index (χ2n) is 7.94. The molecule has 0 saturated carbocycles. The number of aromatic nitrogens is 1. The van der Waals surface area contributed by atoms with E-state index in [2.05, 4.69) is 12.2 Å². The molecule has 4 N–H and O–H groups in total. The van der Waals surface area contributed by atoms with E-state index >= 15 is 0 Å². The SMILES string of the molecule is CCCCCOCCCOc1ccc2nc(-c3ccccc3C)cc(C(=O)NC(=N)N)c2c1. The number of pyridine rings is 1. The molecule has 0 spiro atoms. The molecule has 1 heterocycles. The van der Waals surface area contributed by atoms with Gasteiger partial charge in [-0.15, -0.1) is 0 Å². The van der Waals surface area contributed by atoms with Crippen molar-refractivity contribution in [2.75, 3.05) is 19.8 Å². The van der Waals surface area contributed by atoms with Crippen LogP contribution in [0.3, 0.4) is 0 Å². The Labute approximate surface area is 194 Å². The maximum Gasteiger partial charge on any atom is 0.258 e. The summed E-state index contributed by atoms with van der Waals surface area (Å²) in [7, 11) is 0. The minimum Gasteiger partial charge on any atom is -0.493 e. The third-order valence-electron chi connectivity index (χ3n) is 5.29. The Hall–Kier alpha value is -3.45. The summed E-state index contributed by atoms with van der Waals surface area (Å²) in [5, 5.41) is 10.5. The van der Waals surface area contributed by atoms with Gasteiger partial charge in [0.2, 0.25) is 0 Å². The van der Waals surface area contributed by atoms with Crippen LogP contribution in [0.25, 0.3) is 22.2 Å². The van der Waals surface area contributed by atoms with Gasteiger partial charge in [0.05, 0.1) is 23.4 Å². The molecular formula is C26H32N4O3. The Morgan fingerprint density at radius 2 is 1.85 bits per heavy atom. The van der Waals surface area contributed by atoms with E-state index in [0.29, 0.717) is 41.1 Å². The van der Waals surface area contributed by atoms with Crippen LogP contribution in [0.1, 0.15) is 48.5 Å². The topological polar surface area (TPSA) is 110 Å². The van der Waals surface area contributed by atoms with E-state index in [9.17, 15) is 4.79 Å². The number of carbonyl (C=O) groups excluding carboxylic acids is 1. The van der Waals surface area contributed by atoms with Gasteiger partial charge in [-0.3, -0.25) is 15.5 Å². The number of amides is 1. The molecule has 3 aromatic rings. The van der Waals surface area contributed by atoms with Crippen LogP contribution in [0.4, 0.5) is 0 Å². The second-order valence-corrected chi connectivity index (χ2v) is 7.94. The zero-order valence-corrected chi connectivity index (χ0v) is 19.3. The molecule has 0 aliphatic heterocycles. The molecule has 2 aromatic carbocycles. The smallest absolute Gasteiger partial charge is 0.258 e. The molecule has 0 atom stereocenters. The van der Waals surface area contributed by atoms with Gasteiger partial charge in [-0.2, -0.15) is 0 Å². The van der Waals surface area contributed by atoms with Crippen LogP contribution in [0.5, 0.6) is 5.75 Å². The number of guanidine groups is 1. The highest BCUT2D eigenvalue weighted by Crippen LogP contribution is 2.29. The summed E-state index contributed by atoms with van der Waals surface area (Å²) in [6.07, 6.45) is 4.24. The second kappa shape index (κ2) is 12.0. The maximum atomic E-state index is 12.8.